The summed E-state index contributed by atoms with van der Waals surface area (Å²) in [6.07, 6.45) is 1.84. The van der Waals surface area contributed by atoms with Crippen LogP contribution in [-0.2, 0) is 0 Å². The number of nitrogen functional groups attached to an aromatic ring is 1. The fourth-order valence-corrected chi connectivity index (χ4v) is 1.25. The Morgan fingerprint density at radius 3 is 3.00 bits per heavy atom. The van der Waals surface area contributed by atoms with Crippen LogP contribution in [0.1, 0.15) is 6.92 Å². The lowest BCUT2D eigenvalue weighted by Gasteiger charge is -2.05. The average Bonchev–Trinajstić information content (AvgIpc) is 2.58. The van der Waals surface area contributed by atoms with Gasteiger partial charge >= 0.3 is 0 Å². The first-order chi connectivity index (χ1) is 5.83. The molecule has 2 heterocycles. The maximum atomic E-state index is 5.71. The molecule has 0 saturated heterocycles. The van der Waals surface area contributed by atoms with Gasteiger partial charge in [-0.2, -0.15) is 0 Å². The van der Waals surface area contributed by atoms with Crippen molar-refractivity contribution in [2.45, 2.75) is 6.92 Å². The number of hydrogen-bond donors (Lipinski definition) is 1. The first kappa shape index (κ1) is 7.09. The summed E-state index contributed by atoms with van der Waals surface area (Å²) in [7, 11) is 0. The molecule has 0 saturated carbocycles. The Balaban J connectivity index is 2.59. The van der Waals surface area contributed by atoms with E-state index in [1.807, 2.05) is 35.8 Å². The second kappa shape index (κ2) is 2.48. The van der Waals surface area contributed by atoms with Crippen LogP contribution in [0.4, 0.5) is 5.82 Å². The molecule has 0 aliphatic carbocycles. The minimum absolute atomic E-state index is 0.626. The standard InChI is InChI=1S/C8H11N3O/c1-2-12-10-6-5-7-3-4-8(9)11(7)10/h3-6H,2,9H2,1H3. The summed E-state index contributed by atoms with van der Waals surface area (Å²) in [5, 5.41) is 0. The van der Waals surface area contributed by atoms with Crippen molar-refractivity contribution in [3.63, 3.8) is 0 Å². The first-order valence-corrected chi connectivity index (χ1v) is 3.91. The van der Waals surface area contributed by atoms with Crippen LogP contribution in [0, 0.1) is 0 Å². The number of nitrogens with zero attached hydrogens (tertiary/aromatic N) is 2. The van der Waals surface area contributed by atoms with Gasteiger partial charge in [-0.15, -0.1) is 4.85 Å². The lowest BCUT2D eigenvalue weighted by Crippen LogP contribution is -2.15. The molecule has 64 valence electrons. The molecule has 0 aliphatic heterocycles. The highest BCUT2D eigenvalue weighted by Crippen LogP contribution is 2.11. The number of nitrogens with two attached hydrogens (primary N) is 1. The summed E-state index contributed by atoms with van der Waals surface area (Å²) in [6, 6.07) is 5.75. The van der Waals surface area contributed by atoms with Gasteiger partial charge in [-0.05, 0) is 25.1 Å². The third-order valence-corrected chi connectivity index (χ3v) is 1.75. The van der Waals surface area contributed by atoms with Crippen molar-refractivity contribution in [2.24, 2.45) is 0 Å². The van der Waals surface area contributed by atoms with Crippen LogP contribution in [0.25, 0.3) is 5.52 Å². The van der Waals surface area contributed by atoms with Gasteiger partial charge in [0.25, 0.3) is 0 Å². The predicted octanol–water partition coefficient (Wildman–Crippen LogP) is 0.771. The van der Waals surface area contributed by atoms with Gasteiger partial charge in [0.15, 0.2) is 0 Å². The van der Waals surface area contributed by atoms with Crippen molar-refractivity contribution in [3.8, 4) is 0 Å². The second-order valence-corrected chi connectivity index (χ2v) is 2.53. The molecule has 12 heavy (non-hydrogen) atoms. The van der Waals surface area contributed by atoms with E-state index >= 15 is 0 Å². The summed E-state index contributed by atoms with van der Waals surface area (Å²) < 4.78 is 1.81. The molecule has 2 aromatic rings. The van der Waals surface area contributed by atoms with Crippen LogP contribution in [0.2, 0.25) is 0 Å². The van der Waals surface area contributed by atoms with Gasteiger partial charge in [0.2, 0.25) is 0 Å². The van der Waals surface area contributed by atoms with Crippen LogP contribution in [0.15, 0.2) is 24.4 Å². The number of anilines is 1. The van der Waals surface area contributed by atoms with Gasteiger partial charge in [-0.25, -0.2) is 4.52 Å². The van der Waals surface area contributed by atoms with Crippen LogP contribution in [-0.4, -0.2) is 16.0 Å². The van der Waals surface area contributed by atoms with Crippen LogP contribution < -0.4 is 10.6 Å². The van der Waals surface area contributed by atoms with Crippen molar-refractivity contribution >= 4 is 11.3 Å². The van der Waals surface area contributed by atoms with E-state index in [0.717, 1.165) is 5.52 Å². The Bertz CT molecular complexity index is 388. The zero-order chi connectivity index (χ0) is 8.55. The van der Waals surface area contributed by atoms with E-state index in [2.05, 4.69) is 0 Å². The molecular formula is C8H11N3O. The Morgan fingerprint density at radius 2 is 2.25 bits per heavy atom. The molecule has 4 heteroatoms. The third kappa shape index (κ3) is 0.845. The van der Waals surface area contributed by atoms with Gasteiger partial charge < -0.3 is 10.6 Å². The van der Waals surface area contributed by atoms with E-state index in [9.17, 15) is 0 Å². The highest BCUT2D eigenvalue weighted by Gasteiger charge is 2.02. The van der Waals surface area contributed by atoms with Crippen LogP contribution in [0.3, 0.4) is 0 Å². The van der Waals surface area contributed by atoms with E-state index in [1.54, 1.807) is 4.85 Å². The molecule has 0 aliphatic rings. The number of rotatable bonds is 2. The van der Waals surface area contributed by atoms with E-state index in [4.69, 9.17) is 10.6 Å². The third-order valence-electron chi connectivity index (χ3n) is 1.75. The molecule has 0 atom stereocenters. The predicted molar refractivity (Wildman–Crippen MR) is 46.9 cm³/mol. The monoisotopic (exact) mass is 165 g/mol. The highest BCUT2D eigenvalue weighted by molar-refractivity contribution is 5.54. The SMILES string of the molecule is CCOn1ccc2ccc(N)n21. The van der Waals surface area contributed by atoms with Crippen LogP contribution in [0.5, 0.6) is 0 Å². The Kier molecular flexibility index (Phi) is 1.46. The van der Waals surface area contributed by atoms with Gasteiger partial charge in [0, 0.05) is 0 Å². The molecule has 4 nitrogen and oxygen atoms in total. The molecule has 0 unspecified atom stereocenters. The van der Waals surface area contributed by atoms with Crippen molar-refractivity contribution in [1.82, 2.24) is 9.36 Å². The molecule has 0 fully saturated rings. The second-order valence-electron chi connectivity index (χ2n) is 2.53. The van der Waals surface area contributed by atoms with Crippen molar-refractivity contribution in [1.29, 1.82) is 0 Å². The Hall–Kier alpha value is -1.58. The molecule has 0 spiro atoms. The fourth-order valence-electron chi connectivity index (χ4n) is 1.25. The van der Waals surface area contributed by atoms with E-state index in [0.29, 0.717) is 12.4 Å². The van der Waals surface area contributed by atoms with Gasteiger partial charge in [-0.3, -0.25) is 0 Å². The minimum Gasteiger partial charge on any atom is -0.398 e. The molecule has 0 amide bonds. The van der Waals surface area contributed by atoms with E-state index < -0.39 is 0 Å². The number of fused-ring (bicyclic) bond motifs is 1. The van der Waals surface area contributed by atoms with Crippen molar-refractivity contribution in [2.75, 3.05) is 12.3 Å². The zero-order valence-corrected chi connectivity index (χ0v) is 6.90. The summed E-state index contributed by atoms with van der Waals surface area (Å²) in [5.41, 5.74) is 6.76. The smallest absolute Gasteiger partial charge is 0.126 e. The fraction of sp³-hybridized carbons (Fsp3) is 0.250. The summed E-state index contributed by atoms with van der Waals surface area (Å²) in [5.74, 6) is 0.684. The van der Waals surface area contributed by atoms with E-state index in [1.165, 1.54) is 0 Å². The van der Waals surface area contributed by atoms with Gasteiger partial charge in [-0.1, -0.05) is 0 Å². The lowest BCUT2D eigenvalue weighted by molar-refractivity contribution is 0.0854. The zero-order valence-electron chi connectivity index (χ0n) is 6.90. The number of hydrogen-bond acceptors (Lipinski definition) is 2. The summed E-state index contributed by atoms with van der Waals surface area (Å²) >= 11 is 0. The maximum absolute atomic E-state index is 5.71. The number of aromatic nitrogens is 2. The lowest BCUT2D eigenvalue weighted by atomic mass is 10.5. The van der Waals surface area contributed by atoms with Gasteiger partial charge in [0.05, 0.1) is 11.7 Å². The van der Waals surface area contributed by atoms with Crippen LogP contribution >= 0.6 is 0 Å². The van der Waals surface area contributed by atoms with Crippen molar-refractivity contribution < 1.29 is 4.84 Å². The quantitative estimate of drug-likeness (QED) is 0.714. The molecular weight excluding hydrogens is 154 g/mol. The molecule has 0 radical (unpaired) electrons. The van der Waals surface area contributed by atoms with E-state index in [-0.39, 0.29) is 0 Å². The topological polar surface area (TPSA) is 44.6 Å². The minimum atomic E-state index is 0.626. The molecule has 2 N–H and O–H groups in total. The summed E-state index contributed by atoms with van der Waals surface area (Å²) in [6.45, 7) is 2.56. The maximum Gasteiger partial charge on any atom is 0.126 e. The molecule has 0 aromatic carbocycles. The molecule has 2 aromatic heterocycles. The molecule has 2 rings (SSSR count). The molecule has 0 bridgehead atoms. The first-order valence-electron chi connectivity index (χ1n) is 3.91. The summed E-state index contributed by atoms with van der Waals surface area (Å²) in [4.78, 5) is 6.93. The Morgan fingerprint density at radius 1 is 1.42 bits per heavy atom. The average molecular weight is 165 g/mol. The van der Waals surface area contributed by atoms with Gasteiger partial charge in [0.1, 0.15) is 12.4 Å². The highest BCUT2D eigenvalue weighted by atomic mass is 16.7. The largest absolute Gasteiger partial charge is 0.398 e. The Labute approximate surface area is 70.1 Å². The normalized spacial score (nSPS) is 10.8. The van der Waals surface area contributed by atoms with Crippen molar-refractivity contribution in [3.05, 3.63) is 24.4 Å².